The maximum absolute atomic E-state index is 13.5. The van der Waals surface area contributed by atoms with Gasteiger partial charge in [0.05, 0.1) is 42.5 Å². The fourth-order valence-electron chi connectivity index (χ4n) is 9.38. The minimum absolute atomic E-state index is 0.0975. The number of carbonyl (C=O) groups excluding carboxylic acids is 1. The summed E-state index contributed by atoms with van der Waals surface area (Å²) >= 11 is 4.94. The molecule has 0 radical (unpaired) electrons. The van der Waals surface area contributed by atoms with Gasteiger partial charge < -0.3 is 24.0 Å². The summed E-state index contributed by atoms with van der Waals surface area (Å²) in [5.74, 6) is 1.11. The molecule has 8 atom stereocenters. The highest BCUT2D eigenvalue weighted by molar-refractivity contribution is 7.90. The van der Waals surface area contributed by atoms with Gasteiger partial charge in [0.25, 0.3) is 5.91 Å². The molecule has 5 aliphatic rings. The number of nitrogens with one attached hydrogen (secondary N) is 1. The van der Waals surface area contributed by atoms with Crippen molar-refractivity contribution in [2.45, 2.75) is 88.5 Å². The van der Waals surface area contributed by atoms with E-state index in [4.69, 9.17) is 21.1 Å². The first kappa shape index (κ1) is 37.3. The normalized spacial score (nSPS) is 34.0. The Balaban J connectivity index is 1.21. The standard InChI is InChI=1S/C40H57ClN4O5S/c1-4-6-29-19-33(41)10-11-35(29)32-22-45-21-31-8-12-36(31)40(47,26-43-15-16-44-17-18-49-25-34(44)23-43)14-5-7-27(2)28(3)51(48)42-39(46)30-9-13-38(50-24-32)37(45)20-30/h9-11,13,19-20,27-28,31-32,34,36,47H,4-8,12,14-18,21-26H2,1-3H3,(H,42,46). The number of hydrogen-bond donors (Lipinski definition) is 2. The van der Waals surface area contributed by atoms with E-state index < -0.39 is 17.0 Å². The van der Waals surface area contributed by atoms with Crippen LogP contribution in [0.15, 0.2) is 36.4 Å². The van der Waals surface area contributed by atoms with E-state index in [0.29, 0.717) is 37.1 Å². The van der Waals surface area contributed by atoms with Crippen molar-refractivity contribution in [2.75, 3.05) is 70.5 Å². The van der Waals surface area contributed by atoms with E-state index in [0.717, 1.165) is 107 Å². The summed E-state index contributed by atoms with van der Waals surface area (Å²) in [6, 6.07) is 12.2. The number of hydrogen-bond acceptors (Lipinski definition) is 8. The molecule has 2 aromatic rings. The number of morpholine rings is 1. The fraction of sp³-hybridized carbons (Fsp3) is 0.675. The average Bonchev–Trinajstić information content (AvgIpc) is 3.28. The van der Waals surface area contributed by atoms with Crippen molar-refractivity contribution in [3.05, 3.63) is 58.1 Å². The third kappa shape index (κ3) is 8.22. The molecule has 1 saturated carbocycles. The van der Waals surface area contributed by atoms with Gasteiger partial charge in [-0.25, -0.2) is 0 Å². The predicted molar refractivity (Wildman–Crippen MR) is 204 cm³/mol. The number of halogens is 1. The average molecular weight is 741 g/mol. The quantitative estimate of drug-likeness (QED) is 0.380. The molecule has 1 aliphatic carbocycles. The van der Waals surface area contributed by atoms with Gasteiger partial charge in [-0.15, -0.1) is 0 Å². The summed E-state index contributed by atoms with van der Waals surface area (Å²) in [6.45, 7) is 14.4. The highest BCUT2D eigenvalue weighted by Gasteiger charge is 2.49. The summed E-state index contributed by atoms with van der Waals surface area (Å²) in [5, 5.41) is 13.4. The highest BCUT2D eigenvalue weighted by atomic mass is 35.5. The second-order valence-corrected chi connectivity index (χ2v) is 18.0. The van der Waals surface area contributed by atoms with Crippen LogP contribution in [-0.2, 0) is 22.5 Å². The molecule has 4 heterocycles. The van der Waals surface area contributed by atoms with Crippen LogP contribution in [-0.4, -0.2) is 108 Å². The number of ether oxygens (including phenoxy) is 2. The molecule has 4 aliphatic heterocycles. The van der Waals surface area contributed by atoms with Crippen LogP contribution in [0.5, 0.6) is 5.75 Å². The van der Waals surface area contributed by atoms with Crippen LogP contribution in [0, 0.1) is 17.8 Å². The minimum Gasteiger partial charge on any atom is -0.593 e. The number of benzene rings is 2. The van der Waals surface area contributed by atoms with Crippen LogP contribution in [0.4, 0.5) is 5.69 Å². The smallest absolute Gasteiger partial charge is 0.292 e. The van der Waals surface area contributed by atoms with Crippen molar-refractivity contribution in [1.29, 1.82) is 0 Å². The lowest BCUT2D eigenvalue weighted by Gasteiger charge is -2.52. The number of rotatable bonds is 5. The van der Waals surface area contributed by atoms with Crippen molar-refractivity contribution in [3.63, 3.8) is 0 Å². The Morgan fingerprint density at radius 3 is 2.73 bits per heavy atom. The molecule has 280 valence electrons. The van der Waals surface area contributed by atoms with Gasteiger partial charge in [0, 0.05) is 74.3 Å². The van der Waals surface area contributed by atoms with Crippen LogP contribution in [0.25, 0.3) is 0 Å². The molecule has 11 heteroatoms. The number of carbonyl (C=O) groups is 1. The molecule has 2 bridgehead atoms. The Morgan fingerprint density at radius 1 is 1.06 bits per heavy atom. The third-order valence-electron chi connectivity index (χ3n) is 12.7. The van der Waals surface area contributed by atoms with Gasteiger partial charge in [0.2, 0.25) is 0 Å². The molecule has 0 aromatic heterocycles. The first-order valence-electron chi connectivity index (χ1n) is 19.4. The molecule has 2 N–H and O–H groups in total. The monoisotopic (exact) mass is 740 g/mol. The number of fused-ring (bicyclic) bond motifs is 3. The fourth-order valence-corrected chi connectivity index (χ4v) is 10.6. The number of piperazine rings is 1. The molecule has 8 unspecified atom stereocenters. The van der Waals surface area contributed by atoms with E-state index in [2.05, 4.69) is 45.4 Å². The van der Waals surface area contributed by atoms with Crippen LogP contribution in [0.1, 0.15) is 86.7 Å². The summed E-state index contributed by atoms with van der Waals surface area (Å²) < 4.78 is 28.7. The summed E-state index contributed by atoms with van der Waals surface area (Å²) in [5.41, 5.74) is 3.05. The zero-order valence-electron chi connectivity index (χ0n) is 30.7. The molecule has 1 amide bonds. The molecule has 9 nitrogen and oxygen atoms in total. The van der Waals surface area contributed by atoms with Gasteiger partial charge in [-0.1, -0.05) is 44.4 Å². The van der Waals surface area contributed by atoms with E-state index in [9.17, 15) is 14.5 Å². The zero-order chi connectivity index (χ0) is 35.7. The van der Waals surface area contributed by atoms with Gasteiger partial charge in [-0.05, 0) is 92.3 Å². The molecular weight excluding hydrogens is 684 g/mol. The molecule has 2 saturated heterocycles. The van der Waals surface area contributed by atoms with Crippen molar-refractivity contribution in [3.8, 4) is 5.75 Å². The van der Waals surface area contributed by atoms with Crippen LogP contribution in [0.3, 0.4) is 0 Å². The Bertz CT molecular complexity index is 1530. The molecule has 0 spiro atoms. The largest absolute Gasteiger partial charge is 0.593 e. The number of aliphatic hydroxyl groups is 1. The predicted octanol–water partition coefficient (Wildman–Crippen LogP) is 5.65. The third-order valence-corrected chi connectivity index (χ3v) is 14.5. The van der Waals surface area contributed by atoms with Crippen molar-refractivity contribution in [1.82, 2.24) is 14.5 Å². The number of β-amino-alcohol motifs (C(OH)–C–C–N with tert-alkyl or cyclic N) is 1. The summed E-state index contributed by atoms with van der Waals surface area (Å²) in [7, 11) is 0. The SMILES string of the molecule is CCCc1cc(Cl)ccc1C1COc2ccc3cc2N(C1)CC1CCC1C(O)(CN1CCN2CCOCC2C1)CCCC(C)C(C)[S+]([O-])NC3=O. The Labute approximate surface area is 312 Å². The molecule has 3 fully saturated rings. The van der Waals surface area contributed by atoms with E-state index >= 15 is 0 Å². The van der Waals surface area contributed by atoms with Gasteiger partial charge >= 0.3 is 0 Å². The Morgan fingerprint density at radius 2 is 1.92 bits per heavy atom. The maximum atomic E-state index is 13.5. The molecule has 7 rings (SSSR count). The summed E-state index contributed by atoms with van der Waals surface area (Å²) in [6.07, 6.45) is 6.43. The van der Waals surface area contributed by atoms with E-state index in [1.807, 2.05) is 25.1 Å². The van der Waals surface area contributed by atoms with E-state index in [-0.39, 0.29) is 28.9 Å². The Hall–Kier alpha value is -2.05. The van der Waals surface area contributed by atoms with Gasteiger partial charge in [-0.3, -0.25) is 14.6 Å². The Kier molecular flexibility index (Phi) is 11.8. The van der Waals surface area contributed by atoms with Crippen LogP contribution in [0.2, 0.25) is 5.02 Å². The minimum atomic E-state index is -1.54. The topological polar surface area (TPSA) is 101 Å². The number of anilines is 1. The van der Waals surface area contributed by atoms with Gasteiger partial charge in [0.15, 0.2) is 0 Å². The first-order valence-corrected chi connectivity index (χ1v) is 21.0. The lowest BCUT2D eigenvalue weighted by atomic mass is 9.62. The first-order chi connectivity index (χ1) is 24.6. The maximum Gasteiger partial charge on any atom is 0.292 e. The van der Waals surface area contributed by atoms with Crippen molar-refractivity contribution in [2.24, 2.45) is 17.8 Å². The number of amides is 1. The van der Waals surface area contributed by atoms with Crippen LogP contribution < -0.4 is 14.4 Å². The van der Waals surface area contributed by atoms with E-state index in [1.54, 1.807) is 6.07 Å². The second kappa shape index (κ2) is 16.1. The van der Waals surface area contributed by atoms with Crippen molar-refractivity contribution < 1.29 is 23.9 Å². The summed E-state index contributed by atoms with van der Waals surface area (Å²) in [4.78, 5) is 21.0. The lowest BCUT2D eigenvalue weighted by molar-refractivity contribution is -0.120. The van der Waals surface area contributed by atoms with Crippen molar-refractivity contribution >= 4 is 34.6 Å². The second-order valence-electron chi connectivity index (χ2n) is 16.0. The molecule has 51 heavy (non-hydrogen) atoms. The lowest BCUT2D eigenvalue weighted by Crippen LogP contribution is -2.62. The van der Waals surface area contributed by atoms with E-state index in [1.165, 1.54) is 11.1 Å². The molecule has 2 aromatic carbocycles. The van der Waals surface area contributed by atoms with Gasteiger partial charge in [-0.2, -0.15) is 4.72 Å². The van der Waals surface area contributed by atoms with Crippen LogP contribution >= 0.6 is 11.6 Å². The van der Waals surface area contributed by atoms with Gasteiger partial charge in [0.1, 0.15) is 11.0 Å². The highest BCUT2D eigenvalue weighted by Crippen LogP contribution is 2.47. The number of aryl methyl sites for hydroxylation is 1. The molecular formula is C40H57ClN4O5S. The number of nitrogens with zero attached hydrogens (tertiary/aromatic N) is 3. The zero-order valence-corrected chi connectivity index (χ0v) is 32.2.